The second kappa shape index (κ2) is 5.48. The molecule has 0 aliphatic heterocycles. The lowest BCUT2D eigenvalue weighted by molar-refractivity contribution is -0.137. The molecule has 0 aromatic carbocycles. The number of rotatable bonds is 4. The van der Waals surface area contributed by atoms with E-state index in [0.29, 0.717) is 11.3 Å². The molecule has 98 valence electrons. The highest BCUT2D eigenvalue weighted by Gasteiger charge is 2.21. The van der Waals surface area contributed by atoms with Gasteiger partial charge in [-0.15, -0.1) is 0 Å². The van der Waals surface area contributed by atoms with Crippen molar-refractivity contribution in [3.8, 4) is 0 Å². The van der Waals surface area contributed by atoms with Crippen LogP contribution in [-0.2, 0) is 4.79 Å². The van der Waals surface area contributed by atoms with E-state index in [0.717, 1.165) is 4.90 Å². The van der Waals surface area contributed by atoms with Gasteiger partial charge in [0, 0.05) is 12.2 Å². The lowest BCUT2D eigenvalue weighted by Crippen LogP contribution is -2.38. The summed E-state index contributed by atoms with van der Waals surface area (Å²) in [6, 6.07) is 1.68. The summed E-state index contributed by atoms with van der Waals surface area (Å²) >= 11 is 0. The van der Waals surface area contributed by atoms with Crippen molar-refractivity contribution in [1.29, 1.82) is 0 Å². The second-order valence-corrected chi connectivity index (χ2v) is 4.05. The topological polar surface area (TPSA) is 90.5 Å². The molecule has 18 heavy (non-hydrogen) atoms. The number of likely N-dealkylation sites (N-methyl/N-ethyl adjacent to an activating group) is 1. The molecule has 0 aliphatic carbocycles. The van der Waals surface area contributed by atoms with Crippen molar-refractivity contribution >= 4 is 11.9 Å². The van der Waals surface area contributed by atoms with Crippen LogP contribution >= 0.6 is 0 Å². The fourth-order valence-electron chi connectivity index (χ4n) is 1.77. The average molecular weight is 252 g/mol. The predicted octanol–water partition coefficient (Wildman–Crippen LogP) is 0.538. The van der Waals surface area contributed by atoms with E-state index in [2.05, 4.69) is 4.98 Å². The lowest BCUT2D eigenvalue weighted by atomic mass is 10.1. The number of nitrogens with zero attached hydrogens (tertiary/aromatic N) is 1. The third kappa shape index (κ3) is 2.97. The number of aromatic nitrogens is 1. The van der Waals surface area contributed by atoms with Crippen LogP contribution in [0.5, 0.6) is 0 Å². The summed E-state index contributed by atoms with van der Waals surface area (Å²) in [6.07, 6.45) is 0. The molecule has 6 heteroatoms. The molecule has 0 radical (unpaired) electrons. The van der Waals surface area contributed by atoms with Gasteiger partial charge in [0.2, 0.25) is 0 Å². The summed E-state index contributed by atoms with van der Waals surface area (Å²) in [7, 11) is 0. The molecule has 0 unspecified atom stereocenters. The fraction of sp³-hybridized carbons (Fsp3) is 0.417. The highest BCUT2D eigenvalue weighted by Crippen LogP contribution is 2.07. The zero-order chi connectivity index (χ0) is 13.9. The minimum absolute atomic E-state index is 0.00343. The quantitative estimate of drug-likeness (QED) is 0.818. The number of aromatic amines is 1. The minimum atomic E-state index is -1.11. The maximum Gasteiger partial charge on any atom is 0.323 e. The van der Waals surface area contributed by atoms with Crippen molar-refractivity contribution in [2.24, 2.45) is 0 Å². The Balaban J connectivity index is 3.17. The van der Waals surface area contributed by atoms with Gasteiger partial charge in [0.1, 0.15) is 12.1 Å². The van der Waals surface area contributed by atoms with Crippen molar-refractivity contribution in [2.75, 3.05) is 13.1 Å². The highest BCUT2D eigenvalue weighted by molar-refractivity contribution is 5.96. The Morgan fingerprint density at radius 3 is 2.44 bits per heavy atom. The van der Waals surface area contributed by atoms with Gasteiger partial charge in [-0.3, -0.25) is 14.4 Å². The number of pyridine rings is 1. The van der Waals surface area contributed by atoms with E-state index in [-0.39, 0.29) is 12.1 Å². The van der Waals surface area contributed by atoms with E-state index < -0.39 is 24.0 Å². The Morgan fingerprint density at radius 1 is 1.39 bits per heavy atom. The maximum absolute atomic E-state index is 12.1. The highest BCUT2D eigenvalue weighted by atomic mass is 16.4. The van der Waals surface area contributed by atoms with Crippen LogP contribution in [0, 0.1) is 13.8 Å². The summed E-state index contributed by atoms with van der Waals surface area (Å²) in [5, 5.41) is 8.71. The number of carboxylic acid groups (broad SMARTS) is 1. The third-order valence-corrected chi connectivity index (χ3v) is 2.57. The lowest BCUT2D eigenvalue weighted by Gasteiger charge is -2.19. The Labute approximate surface area is 104 Å². The summed E-state index contributed by atoms with van der Waals surface area (Å²) in [5.41, 5.74) is 0.727. The normalized spacial score (nSPS) is 10.2. The van der Waals surface area contributed by atoms with Crippen LogP contribution in [0.1, 0.15) is 28.5 Å². The van der Waals surface area contributed by atoms with Crippen LogP contribution in [0.4, 0.5) is 0 Å². The van der Waals surface area contributed by atoms with E-state index in [1.165, 1.54) is 0 Å². The summed E-state index contributed by atoms with van der Waals surface area (Å²) in [5.74, 6) is -1.66. The van der Waals surface area contributed by atoms with Gasteiger partial charge in [0.15, 0.2) is 0 Å². The standard InChI is InChI=1S/C12H16N2O4/c1-4-14(6-9(15)16)12(18)10-7(2)5-8(3)13-11(10)17/h5H,4,6H2,1-3H3,(H,13,17)(H,15,16). The molecule has 1 rings (SSSR count). The number of aliphatic carboxylic acids is 1. The van der Waals surface area contributed by atoms with Gasteiger partial charge in [0.25, 0.3) is 11.5 Å². The first-order chi connectivity index (χ1) is 8.36. The monoisotopic (exact) mass is 252 g/mol. The van der Waals surface area contributed by atoms with E-state index in [1.807, 2.05) is 0 Å². The molecular formula is C12H16N2O4. The van der Waals surface area contributed by atoms with E-state index in [1.54, 1.807) is 26.8 Å². The molecule has 1 heterocycles. The van der Waals surface area contributed by atoms with Crippen LogP contribution in [0.2, 0.25) is 0 Å². The van der Waals surface area contributed by atoms with Gasteiger partial charge in [-0.25, -0.2) is 0 Å². The number of hydrogen-bond acceptors (Lipinski definition) is 3. The average Bonchev–Trinajstić information content (AvgIpc) is 2.23. The molecule has 0 saturated heterocycles. The predicted molar refractivity (Wildman–Crippen MR) is 65.8 cm³/mol. The molecular weight excluding hydrogens is 236 g/mol. The number of amides is 1. The zero-order valence-electron chi connectivity index (χ0n) is 10.6. The zero-order valence-corrected chi connectivity index (χ0v) is 10.6. The van der Waals surface area contributed by atoms with Crippen molar-refractivity contribution in [2.45, 2.75) is 20.8 Å². The molecule has 0 fully saturated rings. The summed E-state index contributed by atoms with van der Waals surface area (Å²) < 4.78 is 0. The van der Waals surface area contributed by atoms with E-state index in [4.69, 9.17) is 5.11 Å². The van der Waals surface area contributed by atoms with Gasteiger partial charge < -0.3 is 15.0 Å². The number of H-pyrrole nitrogens is 1. The van der Waals surface area contributed by atoms with Gasteiger partial charge in [-0.1, -0.05) is 0 Å². The first kappa shape index (κ1) is 14.0. The first-order valence-corrected chi connectivity index (χ1v) is 5.58. The second-order valence-electron chi connectivity index (χ2n) is 4.05. The van der Waals surface area contributed by atoms with Crippen LogP contribution in [0.3, 0.4) is 0 Å². The number of carbonyl (C=O) groups excluding carboxylic acids is 1. The van der Waals surface area contributed by atoms with Gasteiger partial charge in [-0.2, -0.15) is 0 Å². The summed E-state index contributed by atoms with van der Waals surface area (Å²) in [4.78, 5) is 38.2. The number of carbonyl (C=O) groups is 2. The Morgan fingerprint density at radius 2 is 2.00 bits per heavy atom. The van der Waals surface area contributed by atoms with Crippen molar-refractivity contribution in [1.82, 2.24) is 9.88 Å². The van der Waals surface area contributed by atoms with Crippen molar-refractivity contribution in [3.05, 3.63) is 33.2 Å². The molecule has 1 amide bonds. The van der Waals surface area contributed by atoms with E-state index in [9.17, 15) is 14.4 Å². The smallest absolute Gasteiger partial charge is 0.323 e. The molecule has 0 bridgehead atoms. The Hall–Kier alpha value is -2.11. The minimum Gasteiger partial charge on any atom is -0.480 e. The number of aryl methyl sites for hydroxylation is 2. The fourth-order valence-corrected chi connectivity index (χ4v) is 1.77. The Bertz CT molecular complexity index is 533. The molecule has 6 nitrogen and oxygen atoms in total. The molecule has 0 aliphatic rings. The SMILES string of the molecule is CCN(CC(=O)O)C(=O)c1c(C)cc(C)[nH]c1=O. The van der Waals surface area contributed by atoms with Crippen LogP contribution < -0.4 is 5.56 Å². The van der Waals surface area contributed by atoms with Gasteiger partial charge in [-0.05, 0) is 32.4 Å². The molecule has 1 aromatic heterocycles. The molecule has 0 spiro atoms. The number of nitrogens with one attached hydrogen (secondary N) is 1. The third-order valence-electron chi connectivity index (χ3n) is 2.57. The van der Waals surface area contributed by atoms with Crippen molar-refractivity contribution < 1.29 is 14.7 Å². The summed E-state index contributed by atoms with van der Waals surface area (Å²) in [6.45, 7) is 4.86. The number of hydrogen-bond donors (Lipinski definition) is 2. The number of carboxylic acids is 1. The molecule has 1 aromatic rings. The van der Waals surface area contributed by atoms with Crippen LogP contribution in [0.25, 0.3) is 0 Å². The van der Waals surface area contributed by atoms with Crippen molar-refractivity contribution in [3.63, 3.8) is 0 Å². The van der Waals surface area contributed by atoms with E-state index >= 15 is 0 Å². The molecule has 2 N–H and O–H groups in total. The van der Waals surface area contributed by atoms with Gasteiger partial charge >= 0.3 is 5.97 Å². The largest absolute Gasteiger partial charge is 0.480 e. The molecule has 0 atom stereocenters. The Kier molecular flexibility index (Phi) is 4.25. The van der Waals surface area contributed by atoms with Crippen LogP contribution in [-0.4, -0.2) is 40.0 Å². The first-order valence-electron chi connectivity index (χ1n) is 5.58. The van der Waals surface area contributed by atoms with Crippen LogP contribution in [0.15, 0.2) is 10.9 Å². The maximum atomic E-state index is 12.1. The molecule has 0 saturated carbocycles. The van der Waals surface area contributed by atoms with Gasteiger partial charge in [0.05, 0.1) is 0 Å².